The Labute approximate surface area is 124 Å². The average Bonchev–Trinajstić information content (AvgIpc) is 2.93. The van der Waals surface area contributed by atoms with Gasteiger partial charge in [0.25, 0.3) is 0 Å². The molecular formula is C14H19N3O3S. The van der Waals surface area contributed by atoms with Crippen molar-refractivity contribution in [2.75, 3.05) is 17.7 Å². The van der Waals surface area contributed by atoms with Crippen LogP contribution in [0.2, 0.25) is 0 Å². The standard InChI is InChI=1S/C14H19N3O3S/c1-2-21(19,20)14-6-4-3-5-13(14)15-9-12-10-16-17(11-12)7-8-18/h3-6,10-11,15,18H,2,7-9H2,1H3. The van der Waals surface area contributed by atoms with Crippen molar-refractivity contribution in [3.63, 3.8) is 0 Å². The van der Waals surface area contributed by atoms with Gasteiger partial charge in [-0.2, -0.15) is 5.10 Å². The number of aliphatic hydroxyl groups excluding tert-OH is 1. The van der Waals surface area contributed by atoms with Gasteiger partial charge in [0.2, 0.25) is 0 Å². The Balaban J connectivity index is 2.13. The summed E-state index contributed by atoms with van der Waals surface area (Å²) in [7, 11) is -3.25. The van der Waals surface area contributed by atoms with Gasteiger partial charge in [-0.3, -0.25) is 4.68 Å². The smallest absolute Gasteiger partial charge is 0.180 e. The Kier molecular flexibility index (Phi) is 4.98. The molecule has 0 spiro atoms. The fourth-order valence-corrected chi connectivity index (χ4v) is 3.03. The van der Waals surface area contributed by atoms with Gasteiger partial charge in [-0.1, -0.05) is 19.1 Å². The molecule has 21 heavy (non-hydrogen) atoms. The Morgan fingerprint density at radius 3 is 2.81 bits per heavy atom. The zero-order valence-electron chi connectivity index (χ0n) is 11.9. The number of hydrogen-bond donors (Lipinski definition) is 2. The van der Waals surface area contributed by atoms with Gasteiger partial charge in [0.15, 0.2) is 9.84 Å². The quantitative estimate of drug-likeness (QED) is 0.805. The summed E-state index contributed by atoms with van der Waals surface area (Å²) in [6.07, 6.45) is 3.51. The van der Waals surface area contributed by atoms with E-state index in [0.29, 0.717) is 23.7 Å². The van der Waals surface area contributed by atoms with Gasteiger partial charge in [-0.15, -0.1) is 0 Å². The van der Waals surface area contributed by atoms with E-state index in [1.807, 2.05) is 6.20 Å². The molecule has 0 aliphatic rings. The molecule has 0 atom stereocenters. The van der Waals surface area contributed by atoms with Crippen LogP contribution in [-0.2, 0) is 22.9 Å². The highest BCUT2D eigenvalue weighted by Crippen LogP contribution is 2.22. The molecule has 2 N–H and O–H groups in total. The van der Waals surface area contributed by atoms with Crippen LogP contribution in [0.15, 0.2) is 41.6 Å². The normalized spacial score (nSPS) is 11.5. The lowest BCUT2D eigenvalue weighted by Gasteiger charge is -2.10. The molecule has 1 aromatic heterocycles. The molecule has 0 aliphatic carbocycles. The number of nitrogens with one attached hydrogen (secondary N) is 1. The number of rotatable bonds is 7. The molecule has 0 radical (unpaired) electrons. The van der Waals surface area contributed by atoms with Crippen molar-refractivity contribution in [2.45, 2.75) is 24.9 Å². The fourth-order valence-electron chi connectivity index (χ4n) is 1.96. The van der Waals surface area contributed by atoms with E-state index in [0.717, 1.165) is 5.56 Å². The van der Waals surface area contributed by atoms with Crippen LogP contribution in [0.3, 0.4) is 0 Å². The summed E-state index contributed by atoms with van der Waals surface area (Å²) in [5.74, 6) is 0.0696. The molecule has 2 rings (SSSR count). The van der Waals surface area contributed by atoms with E-state index < -0.39 is 9.84 Å². The molecule has 0 bridgehead atoms. The lowest BCUT2D eigenvalue weighted by atomic mass is 10.3. The maximum Gasteiger partial charge on any atom is 0.180 e. The summed E-state index contributed by atoms with van der Waals surface area (Å²) in [5.41, 5.74) is 1.52. The first-order valence-corrected chi connectivity index (χ1v) is 8.40. The van der Waals surface area contributed by atoms with Crippen molar-refractivity contribution >= 4 is 15.5 Å². The third kappa shape index (κ3) is 3.83. The predicted molar refractivity (Wildman–Crippen MR) is 80.8 cm³/mol. The van der Waals surface area contributed by atoms with Crippen molar-refractivity contribution in [3.05, 3.63) is 42.2 Å². The highest BCUT2D eigenvalue weighted by atomic mass is 32.2. The molecule has 2 aromatic rings. The summed E-state index contributed by atoms with van der Waals surface area (Å²) in [6, 6.07) is 6.87. The minimum absolute atomic E-state index is 0.0339. The van der Waals surface area contributed by atoms with Crippen LogP contribution in [0, 0.1) is 0 Å². The van der Waals surface area contributed by atoms with E-state index in [1.165, 1.54) is 0 Å². The summed E-state index contributed by atoms with van der Waals surface area (Å²) in [6.45, 7) is 2.58. The van der Waals surface area contributed by atoms with Crippen molar-refractivity contribution in [3.8, 4) is 0 Å². The number of anilines is 1. The molecule has 0 aliphatic heterocycles. The Morgan fingerprint density at radius 2 is 2.10 bits per heavy atom. The van der Waals surface area contributed by atoms with Crippen molar-refractivity contribution in [1.82, 2.24) is 9.78 Å². The van der Waals surface area contributed by atoms with Crippen LogP contribution in [-0.4, -0.2) is 35.7 Å². The average molecular weight is 309 g/mol. The van der Waals surface area contributed by atoms with Gasteiger partial charge in [0.1, 0.15) is 0 Å². The van der Waals surface area contributed by atoms with Crippen LogP contribution in [0.5, 0.6) is 0 Å². The number of sulfone groups is 1. The topological polar surface area (TPSA) is 84.2 Å². The van der Waals surface area contributed by atoms with Crippen LogP contribution >= 0.6 is 0 Å². The number of para-hydroxylation sites is 1. The molecule has 0 amide bonds. The zero-order valence-corrected chi connectivity index (χ0v) is 12.7. The number of nitrogens with zero attached hydrogens (tertiary/aromatic N) is 2. The van der Waals surface area contributed by atoms with E-state index in [-0.39, 0.29) is 12.4 Å². The first kappa shape index (κ1) is 15.5. The molecule has 114 valence electrons. The van der Waals surface area contributed by atoms with E-state index in [9.17, 15) is 8.42 Å². The number of benzene rings is 1. The van der Waals surface area contributed by atoms with E-state index in [2.05, 4.69) is 10.4 Å². The highest BCUT2D eigenvalue weighted by molar-refractivity contribution is 7.91. The number of hydrogen-bond acceptors (Lipinski definition) is 5. The molecule has 0 fully saturated rings. The van der Waals surface area contributed by atoms with Crippen LogP contribution < -0.4 is 5.32 Å². The Hall–Kier alpha value is -1.86. The van der Waals surface area contributed by atoms with Crippen LogP contribution in [0.25, 0.3) is 0 Å². The van der Waals surface area contributed by atoms with E-state index >= 15 is 0 Å². The fraction of sp³-hybridized carbons (Fsp3) is 0.357. The van der Waals surface area contributed by atoms with Gasteiger partial charge in [0.05, 0.1) is 35.7 Å². The minimum atomic E-state index is -3.25. The molecule has 7 heteroatoms. The van der Waals surface area contributed by atoms with Gasteiger partial charge in [0, 0.05) is 18.3 Å². The predicted octanol–water partition coefficient (Wildman–Crippen LogP) is 1.28. The van der Waals surface area contributed by atoms with E-state index in [4.69, 9.17) is 5.11 Å². The van der Waals surface area contributed by atoms with Crippen LogP contribution in [0.4, 0.5) is 5.69 Å². The molecule has 6 nitrogen and oxygen atoms in total. The van der Waals surface area contributed by atoms with Crippen molar-refractivity contribution < 1.29 is 13.5 Å². The van der Waals surface area contributed by atoms with Crippen LogP contribution in [0.1, 0.15) is 12.5 Å². The van der Waals surface area contributed by atoms with Gasteiger partial charge >= 0.3 is 0 Å². The lowest BCUT2D eigenvalue weighted by Crippen LogP contribution is -2.09. The summed E-state index contributed by atoms with van der Waals surface area (Å²) in [4.78, 5) is 0.315. The SMILES string of the molecule is CCS(=O)(=O)c1ccccc1NCc1cnn(CCO)c1. The molecule has 0 saturated carbocycles. The highest BCUT2D eigenvalue weighted by Gasteiger charge is 2.15. The first-order valence-electron chi connectivity index (χ1n) is 6.74. The van der Waals surface area contributed by atoms with E-state index in [1.54, 1.807) is 42.1 Å². The van der Waals surface area contributed by atoms with Crippen molar-refractivity contribution in [1.29, 1.82) is 0 Å². The maximum absolute atomic E-state index is 12.0. The number of aliphatic hydroxyl groups is 1. The molecular weight excluding hydrogens is 290 g/mol. The summed E-state index contributed by atoms with van der Waals surface area (Å²) < 4.78 is 25.7. The largest absolute Gasteiger partial charge is 0.394 e. The minimum Gasteiger partial charge on any atom is -0.394 e. The third-order valence-corrected chi connectivity index (χ3v) is 4.89. The molecule has 0 unspecified atom stereocenters. The Bertz CT molecular complexity index is 695. The van der Waals surface area contributed by atoms with Gasteiger partial charge in [-0.05, 0) is 12.1 Å². The zero-order chi connectivity index (χ0) is 15.3. The maximum atomic E-state index is 12.0. The molecule has 1 heterocycles. The third-order valence-electron chi connectivity index (χ3n) is 3.10. The summed E-state index contributed by atoms with van der Waals surface area (Å²) in [5, 5.41) is 16.1. The summed E-state index contributed by atoms with van der Waals surface area (Å²) >= 11 is 0. The number of aromatic nitrogens is 2. The second-order valence-corrected chi connectivity index (χ2v) is 6.84. The molecule has 1 aromatic carbocycles. The van der Waals surface area contributed by atoms with Gasteiger partial charge < -0.3 is 10.4 Å². The lowest BCUT2D eigenvalue weighted by molar-refractivity contribution is 0.269. The van der Waals surface area contributed by atoms with Crippen molar-refractivity contribution in [2.24, 2.45) is 0 Å². The van der Waals surface area contributed by atoms with Gasteiger partial charge in [-0.25, -0.2) is 8.42 Å². The second kappa shape index (κ2) is 6.73. The molecule has 0 saturated heterocycles. The Morgan fingerprint density at radius 1 is 1.33 bits per heavy atom. The monoisotopic (exact) mass is 309 g/mol. The first-order chi connectivity index (χ1) is 10.1. The second-order valence-electron chi connectivity index (χ2n) is 4.59.